The lowest BCUT2D eigenvalue weighted by Crippen LogP contribution is -2.37. The molecule has 1 aromatic carbocycles. The summed E-state index contributed by atoms with van der Waals surface area (Å²) in [6.07, 6.45) is 0. The summed E-state index contributed by atoms with van der Waals surface area (Å²) in [7, 11) is -3.41. The van der Waals surface area contributed by atoms with Crippen molar-refractivity contribution in [3.05, 3.63) is 24.3 Å². The highest BCUT2D eigenvalue weighted by Crippen LogP contribution is 2.29. The molecular formula is C11H15NO3S. The molecule has 1 heterocycles. The third kappa shape index (κ3) is 1.81. The molecule has 0 fully saturated rings. The van der Waals surface area contributed by atoms with E-state index in [1.54, 1.807) is 24.3 Å². The van der Waals surface area contributed by atoms with E-state index in [4.69, 9.17) is 4.74 Å². The highest BCUT2D eigenvalue weighted by Gasteiger charge is 2.31. The Morgan fingerprint density at radius 2 is 2.00 bits per heavy atom. The molecule has 0 atom stereocenters. The van der Waals surface area contributed by atoms with E-state index in [0.29, 0.717) is 18.9 Å². The molecular weight excluding hydrogens is 226 g/mol. The van der Waals surface area contributed by atoms with E-state index in [1.165, 1.54) is 4.31 Å². The fourth-order valence-corrected chi connectivity index (χ4v) is 3.56. The average molecular weight is 241 g/mol. The molecule has 0 amide bonds. The minimum Gasteiger partial charge on any atom is -0.491 e. The van der Waals surface area contributed by atoms with Crippen LogP contribution in [0.2, 0.25) is 0 Å². The number of fused-ring (bicyclic) bond motifs is 1. The molecule has 5 heteroatoms. The van der Waals surface area contributed by atoms with Gasteiger partial charge < -0.3 is 4.74 Å². The Balaban J connectivity index is 2.57. The van der Waals surface area contributed by atoms with Gasteiger partial charge in [-0.25, -0.2) is 8.42 Å². The highest BCUT2D eigenvalue weighted by molar-refractivity contribution is 7.89. The first-order valence-corrected chi connectivity index (χ1v) is 6.71. The second kappa shape index (κ2) is 4.07. The Bertz CT molecular complexity index is 482. The smallest absolute Gasteiger partial charge is 0.247 e. The molecule has 16 heavy (non-hydrogen) atoms. The van der Waals surface area contributed by atoms with E-state index in [-0.39, 0.29) is 10.9 Å². The summed E-state index contributed by atoms with van der Waals surface area (Å²) in [6, 6.07) is 6.71. The minimum atomic E-state index is -3.41. The summed E-state index contributed by atoms with van der Waals surface area (Å²) < 4.78 is 31.5. The lowest BCUT2D eigenvalue weighted by atomic mass is 10.3. The van der Waals surface area contributed by atoms with Crippen molar-refractivity contribution < 1.29 is 13.2 Å². The van der Waals surface area contributed by atoms with Crippen LogP contribution in [0.5, 0.6) is 5.75 Å². The van der Waals surface area contributed by atoms with Crippen LogP contribution in [0, 0.1) is 0 Å². The van der Waals surface area contributed by atoms with Gasteiger partial charge in [0, 0.05) is 12.6 Å². The Morgan fingerprint density at radius 1 is 1.31 bits per heavy atom. The Labute approximate surface area is 95.9 Å². The largest absolute Gasteiger partial charge is 0.491 e. The van der Waals surface area contributed by atoms with E-state index >= 15 is 0 Å². The molecule has 0 radical (unpaired) electrons. The Kier molecular flexibility index (Phi) is 2.90. The maximum absolute atomic E-state index is 12.3. The third-order valence-corrected chi connectivity index (χ3v) is 4.70. The molecule has 88 valence electrons. The second-order valence-corrected chi connectivity index (χ2v) is 5.86. The number of nitrogens with zero attached hydrogens (tertiary/aromatic N) is 1. The molecule has 0 saturated heterocycles. The molecule has 0 aliphatic carbocycles. The number of ether oxygens (including phenoxy) is 1. The first-order valence-electron chi connectivity index (χ1n) is 5.27. The quantitative estimate of drug-likeness (QED) is 0.748. The monoisotopic (exact) mass is 241 g/mol. The lowest BCUT2D eigenvalue weighted by molar-refractivity contribution is 0.263. The molecule has 2 rings (SSSR count). The van der Waals surface area contributed by atoms with Gasteiger partial charge in [-0.2, -0.15) is 4.31 Å². The van der Waals surface area contributed by atoms with Crippen LogP contribution in [0.15, 0.2) is 29.2 Å². The molecule has 1 aromatic rings. The van der Waals surface area contributed by atoms with Gasteiger partial charge in [-0.15, -0.1) is 0 Å². The SMILES string of the molecule is CC(C)N1CCOc2ccccc2S1(=O)=O. The molecule has 0 aromatic heterocycles. The Hall–Kier alpha value is -1.07. The van der Waals surface area contributed by atoms with E-state index in [2.05, 4.69) is 0 Å². The van der Waals surface area contributed by atoms with Gasteiger partial charge in [-0.05, 0) is 26.0 Å². The van der Waals surface area contributed by atoms with Crippen molar-refractivity contribution in [2.75, 3.05) is 13.2 Å². The van der Waals surface area contributed by atoms with Crippen LogP contribution in [0.25, 0.3) is 0 Å². The molecule has 4 nitrogen and oxygen atoms in total. The summed E-state index contributed by atoms with van der Waals surface area (Å²) in [6.45, 7) is 4.53. The zero-order valence-corrected chi connectivity index (χ0v) is 10.2. The van der Waals surface area contributed by atoms with Crippen molar-refractivity contribution in [2.24, 2.45) is 0 Å². The standard InChI is InChI=1S/C11H15NO3S/c1-9(2)12-7-8-15-10-5-3-4-6-11(10)16(12,13)14/h3-6,9H,7-8H2,1-2H3. The van der Waals surface area contributed by atoms with E-state index in [0.717, 1.165) is 0 Å². The predicted molar refractivity (Wildman–Crippen MR) is 61.0 cm³/mol. The summed E-state index contributed by atoms with van der Waals surface area (Å²) in [5, 5.41) is 0. The third-order valence-electron chi connectivity index (χ3n) is 2.58. The molecule has 0 unspecified atom stereocenters. The topological polar surface area (TPSA) is 46.6 Å². The van der Waals surface area contributed by atoms with E-state index < -0.39 is 10.0 Å². The van der Waals surface area contributed by atoms with Gasteiger partial charge in [0.1, 0.15) is 17.3 Å². The maximum atomic E-state index is 12.3. The van der Waals surface area contributed by atoms with Gasteiger partial charge in [0.2, 0.25) is 10.0 Å². The number of rotatable bonds is 1. The number of hydrogen-bond donors (Lipinski definition) is 0. The van der Waals surface area contributed by atoms with E-state index in [1.807, 2.05) is 13.8 Å². The molecule has 0 spiro atoms. The fourth-order valence-electron chi connectivity index (χ4n) is 1.81. The Morgan fingerprint density at radius 3 is 2.69 bits per heavy atom. The molecule has 0 N–H and O–H groups in total. The number of sulfonamides is 1. The van der Waals surface area contributed by atoms with Gasteiger partial charge in [0.05, 0.1) is 0 Å². The fraction of sp³-hybridized carbons (Fsp3) is 0.455. The summed E-state index contributed by atoms with van der Waals surface area (Å²) in [5.74, 6) is 0.450. The van der Waals surface area contributed by atoms with Gasteiger partial charge >= 0.3 is 0 Å². The first-order chi connectivity index (χ1) is 7.53. The van der Waals surface area contributed by atoms with Crippen LogP contribution in [0.4, 0.5) is 0 Å². The average Bonchev–Trinajstić information content (AvgIpc) is 2.36. The zero-order valence-electron chi connectivity index (χ0n) is 9.38. The van der Waals surface area contributed by atoms with Gasteiger partial charge in [-0.3, -0.25) is 0 Å². The summed E-state index contributed by atoms with van der Waals surface area (Å²) in [5.41, 5.74) is 0. The van der Waals surface area contributed by atoms with Crippen molar-refractivity contribution in [3.8, 4) is 5.75 Å². The minimum absolute atomic E-state index is 0.0558. The molecule has 0 bridgehead atoms. The molecule has 1 aliphatic heterocycles. The van der Waals surface area contributed by atoms with Crippen molar-refractivity contribution in [3.63, 3.8) is 0 Å². The van der Waals surface area contributed by atoms with Crippen LogP contribution in [0.1, 0.15) is 13.8 Å². The first kappa shape index (κ1) is 11.4. The number of para-hydroxylation sites is 1. The molecule has 0 saturated carbocycles. The van der Waals surface area contributed by atoms with Crippen molar-refractivity contribution in [1.82, 2.24) is 4.31 Å². The predicted octanol–water partition coefficient (Wildman–Crippen LogP) is 1.48. The zero-order chi connectivity index (χ0) is 11.8. The van der Waals surface area contributed by atoms with Crippen LogP contribution in [-0.2, 0) is 10.0 Å². The van der Waals surface area contributed by atoms with Gasteiger partial charge in [0.15, 0.2) is 0 Å². The van der Waals surface area contributed by atoms with Crippen molar-refractivity contribution >= 4 is 10.0 Å². The van der Waals surface area contributed by atoms with Crippen molar-refractivity contribution in [1.29, 1.82) is 0 Å². The number of benzene rings is 1. The second-order valence-electron chi connectivity index (χ2n) is 4.00. The van der Waals surface area contributed by atoms with Crippen LogP contribution in [0.3, 0.4) is 0 Å². The van der Waals surface area contributed by atoms with Crippen LogP contribution < -0.4 is 4.74 Å². The van der Waals surface area contributed by atoms with Crippen LogP contribution >= 0.6 is 0 Å². The number of hydrogen-bond acceptors (Lipinski definition) is 3. The maximum Gasteiger partial charge on any atom is 0.247 e. The van der Waals surface area contributed by atoms with Gasteiger partial charge in [0.25, 0.3) is 0 Å². The van der Waals surface area contributed by atoms with Crippen LogP contribution in [-0.4, -0.2) is 31.9 Å². The lowest BCUT2D eigenvalue weighted by Gasteiger charge is -2.22. The van der Waals surface area contributed by atoms with E-state index in [9.17, 15) is 8.42 Å². The summed E-state index contributed by atoms with van der Waals surface area (Å²) >= 11 is 0. The summed E-state index contributed by atoms with van der Waals surface area (Å²) in [4.78, 5) is 0.265. The molecule has 1 aliphatic rings. The van der Waals surface area contributed by atoms with Gasteiger partial charge in [-0.1, -0.05) is 12.1 Å². The van der Waals surface area contributed by atoms with Crippen molar-refractivity contribution in [2.45, 2.75) is 24.8 Å². The normalized spacial score (nSPS) is 19.9. The highest BCUT2D eigenvalue weighted by atomic mass is 32.2.